The Hall–Kier alpha value is -1.84. The Labute approximate surface area is 88.2 Å². The van der Waals surface area contributed by atoms with E-state index in [1.807, 2.05) is 6.07 Å². The SMILES string of the molecule is CNc1cccc(C(=O)CC(=O)OC)c1. The normalized spacial score (nSPS) is 9.47. The lowest BCUT2D eigenvalue weighted by Crippen LogP contribution is -2.09. The molecule has 80 valence electrons. The van der Waals surface area contributed by atoms with E-state index in [4.69, 9.17) is 0 Å². The van der Waals surface area contributed by atoms with Gasteiger partial charge in [-0.25, -0.2) is 0 Å². The summed E-state index contributed by atoms with van der Waals surface area (Å²) in [7, 11) is 3.03. The van der Waals surface area contributed by atoms with Gasteiger partial charge in [0.25, 0.3) is 0 Å². The molecule has 0 radical (unpaired) electrons. The fourth-order valence-electron chi connectivity index (χ4n) is 1.15. The van der Waals surface area contributed by atoms with Crippen LogP contribution >= 0.6 is 0 Å². The molecule has 0 saturated heterocycles. The maximum atomic E-state index is 11.6. The van der Waals surface area contributed by atoms with Crippen LogP contribution in [0.5, 0.6) is 0 Å². The van der Waals surface area contributed by atoms with Crippen molar-refractivity contribution < 1.29 is 14.3 Å². The lowest BCUT2D eigenvalue weighted by Gasteiger charge is -2.03. The van der Waals surface area contributed by atoms with Crippen LogP contribution in [0.2, 0.25) is 0 Å². The third-order valence-electron chi connectivity index (χ3n) is 2.01. The molecule has 4 heteroatoms. The summed E-state index contributed by atoms with van der Waals surface area (Å²) in [6.45, 7) is 0. The van der Waals surface area contributed by atoms with E-state index in [2.05, 4.69) is 10.1 Å². The summed E-state index contributed by atoms with van der Waals surface area (Å²) in [6, 6.07) is 6.97. The Morgan fingerprint density at radius 2 is 2.13 bits per heavy atom. The van der Waals surface area contributed by atoms with Crippen LogP contribution in [-0.4, -0.2) is 25.9 Å². The van der Waals surface area contributed by atoms with Crippen molar-refractivity contribution in [2.75, 3.05) is 19.5 Å². The molecule has 0 saturated carbocycles. The summed E-state index contributed by atoms with van der Waals surface area (Å²) >= 11 is 0. The molecule has 1 aromatic carbocycles. The van der Waals surface area contributed by atoms with Gasteiger partial charge in [-0.15, -0.1) is 0 Å². The first-order chi connectivity index (χ1) is 7.17. The number of Topliss-reactive ketones (excluding diaryl/α,β-unsaturated/α-hetero) is 1. The van der Waals surface area contributed by atoms with E-state index in [1.54, 1.807) is 25.2 Å². The molecular weight excluding hydrogens is 194 g/mol. The first kappa shape index (κ1) is 11.2. The molecule has 0 aliphatic carbocycles. The monoisotopic (exact) mass is 207 g/mol. The van der Waals surface area contributed by atoms with E-state index >= 15 is 0 Å². The first-order valence-corrected chi connectivity index (χ1v) is 4.55. The van der Waals surface area contributed by atoms with Gasteiger partial charge < -0.3 is 10.1 Å². The number of ketones is 1. The molecule has 0 aliphatic rings. The maximum Gasteiger partial charge on any atom is 0.313 e. The van der Waals surface area contributed by atoms with Crippen molar-refractivity contribution in [2.45, 2.75) is 6.42 Å². The van der Waals surface area contributed by atoms with Crippen molar-refractivity contribution in [3.8, 4) is 0 Å². The first-order valence-electron chi connectivity index (χ1n) is 4.55. The molecule has 0 aromatic heterocycles. The van der Waals surface area contributed by atoms with Gasteiger partial charge in [0, 0.05) is 18.3 Å². The van der Waals surface area contributed by atoms with E-state index in [9.17, 15) is 9.59 Å². The summed E-state index contributed by atoms with van der Waals surface area (Å²) in [6.07, 6.45) is -0.219. The number of hydrogen-bond donors (Lipinski definition) is 1. The lowest BCUT2D eigenvalue weighted by atomic mass is 10.1. The zero-order valence-electron chi connectivity index (χ0n) is 8.74. The highest BCUT2D eigenvalue weighted by Crippen LogP contribution is 2.11. The molecule has 4 nitrogen and oxygen atoms in total. The van der Waals surface area contributed by atoms with Crippen LogP contribution in [0, 0.1) is 0 Å². The molecular formula is C11H13NO3. The highest BCUT2D eigenvalue weighted by Gasteiger charge is 2.11. The Bertz CT molecular complexity index is 374. The highest BCUT2D eigenvalue weighted by atomic mass is 16.5. The summed E-state index contributed by atoms with van der Waals surface area (Å²) in [5.41, 5.74) is 1.35. The number of carbonyl (C=O) groups excluding carboxylic acids is 2. The maximum absolute atomic E-state index is 11.6. The summed E-state index contributed by atoms with van der Waals surface area (Å²) < 4.78 is 4.42. The van der Waals surface area contributed by atoms with Gasteiger partial charge in [-0.1, -0.05) is 12.1 Å². The van der Waals surface area contributed by atoms with Crippen LogP contribution in [0.3, 0.4) is 0 Å². The Morgan fingerprint density at radius 1 is 1.40 bits per heavy atom. The number of carbonyl (C=O) groups is 2. The van der Waals surface area contributed by atoms with Gasteiger partial charge in [0.1, 0.15) is 6.42 Å². The fourth-order valence-corrected chi connectivity index (χ4v) is 1.15. The topological polar surface area (TPSA) is 55.4 Å². The molecule has 0 fully saturated rings. The van der Waals surface area contributed by atoms with Gasteiger partial charge in [-0.3, -0.25) is 9.59 Å². The zero-order chi connectivity index (χ0) is 11.3. The highest BCUT2D eigenvalue weighted by molar-refractivity contribution is 6.06. The molecule has 0 unspecified atom stereocenters. The Balaban J connectivity index is 2.77. The number of nitrogens with one attached hydrogen (secondary N) is 1. The molecule has 0 atom stereocenters. The second-order valence-corrected chi connectivity index (χ2v) is 3.01. The molecule has 0 spiro atoms. The molecule has 0 heterocycles. The van der Waals surface area contributed by atoms with Crippen molar-refractivity contribution >= 4 is 17.4 Å². The number of anilines is 1. The van der Waals surface area contributed by atoms with Crippen LogP contribution in [0.25, 0.3) is 0 Å². The Kier molecular flexibility index (Phi) is 3.85. The van der Waals surface area contributed by atoms with E-state index in [1.165, 1.54) is 7.11 Å². The summed E-state index contributed by atoms with van der Waals surface area (Å²) in [4.78, 5) is 22.4. The number of hydrogen-bond acceptors (Lipinski definition) is 4. The second kappa shape index (κ2) is 5.14. The van der Waals surface area contributed by atoms with Crippen LogP contribution in [0.1, 0.15) is 16.8 Å². The van der Waals surface area contributed by atoms with Crippen LogP contribution < -0.4 is 5.32 Å². The van der Waals surface area contributed by atoms with E-state index < -0.39 is 5.97 Å². The molecule has 1 aromatic rings. The van der Waals surface area contributed by atoms with Crippen LogP contribution in [-0.2, 0) is 9.53 Å². The molecule has 1 rings (SSSR count). The van der Waals surface area contributed by atoms with E-state index in [0.717, 1.165) is 5.69 Å². The van der Waals surface area contributed by atoms with Gasteiger partial charge in [-0.2, -0.15) is 0 Å². The number of benzene rings is 1. The van der Waals surface area contributed by atoms with Gasteiger partial charge in [0.2, 0.25) is 0 Å². The van der Waals surface area contributed by atoms with Crippen LogP contribution in [0.15, 0.2) is 24.3 Å². The number of rotatable bonds is 4. The van der Waals surface area contributed by atoms with Gasteiger partial charge in [0.05, 0.1) is 7.11 Å². The molecule has 0 bridgehead atoms. The van der Waals surface area contributed by atoms with Gasteiger partial charge >= 0.3 is 5.97 Å². The summed E-state index contributed by atoms with van der Waals surface area (Å²) in [5, 5.41) is 2.92. The van der Waals surface area contributed by atoms with E-state index in [0.29, 0.717) is 5.56 Å². The predicted molar refractivity (Wildman–Crippen MR) is 57.0 cm³/mol. The van der Waals surface area contributed by atoms with Crippen LogP contribution in [0.4, 0.5) is 5.69 Å². The van der Waals surface area contributed by atoms with Crippen molar-refractivity contribution in [1.29, 1.82) is 0 Å². The van der Waals surface area contributed by atoms with Gasteiger partial charge in [0.15, 0.2) is 5.78 Å². The third-order valence-corrected chi connectivity index (χ3v) is 2.01. The summed E-state index contributed by atoms with van der Waals surface area (Å²) in [5.74, 6) is -0.756. The zero-order valence-corrected chi connectivity index (χ0v) is 8.74. The number of methoxy groups -OCH3 is 1. The fraction of sp³-hybridized carbons (Fsp3) is 0.273. The Morgan fingerprint density at radius 3 is 2.73 bits per heavy atom. The minimum absolute atomic E-state index is 0.219. The smallest absolute Gasteiger partial charge is 0.313 e. The molecule has 0 amide bonds. The van der Waals surface area contributed by atoms with Crippen molar-refractivity contribution in [2.24, 2.45) is 0 Å². The quantitative estimate of drug-likeness (QED) is 0.461. The standard InChI is InChI=1S/C11H13NO3/c1-12-9-5-3-4-8(6-9)10(13)7-11(14)15-2/h3-6,12H,7H2,1-2H3. The van der Waals surface area contributed by atoms with Crippen molar-refractivity contribution in [1.82, 2.24) is 0 Å². The second-order valence-electron chi connectivity index (χ2n) is 3.01. The third kappa shape index (κ3) is 3.09. The van der Waals surface area contributed by atoms with Gasteiger partial charge in [-0.05, 0) is 12.1 Å². The van der Waals surface area contributed by atoms with E-state index in [-0.39, 0.29) is 12.2 Å². The minimum atomic E-state index is -0.519. The molecule has 0 aliphatic heterocycles. The largest absolute Gasteiger partial charge is 0.469 e. The number of esters is 1. The minimum Gasteiger partial charge on any atom is -0.469 e. The number of ether oxygens (including phenoxy) is 1. The predicted octanol–water partition coefficient (Wildman–Crippen LogP) is 1.47. The van der Waals surface area contributed by atoms with Crippen molar-refractivity contribution in [3.05, 3.63) is 29.8 Å². The molecule has 15 heavy (non-hydrogen) atoms. The molecule has 1 N–H and O–H groups in total. The average Bonchev–Trinajstić information content (AvgIpc) is 2.28. The average molecular weight is 207 g/mol. The van der Waals surface area contributed by atoms with Crippen molar-refractivity contribution in [3.63, 3.8) is 0 Å². The lowest BCUT2D eigenvalue weighted by molar-refractivity contribution is -0.139.